The molecule has 0 saturated heterocycles. The van der Waals surface area contributed by atoms with Crippen LogP contribution in [0, 0.1) is 0 Å². The van der Waals surface area contributed by atoms with E-state index in [9.17, 15) is 4.79 Å². The largest absolute Gasteiger partial charge is 0.463 e. The van der Waals surface area contributed by atoms with Gasteiger partial charge < -0.3 is 14.0 Å². The first-order valence-electron chi connectivity index (χ1n) is 4.51. The fourth-order valence-electron chi connectivity index (χ4n) is 1.19. The number of ether oxygens (including phenoxy) is 1. The summed E-state index contributed by atoms with van der Waals surface area (Å²) < 4.78 is 9.88. The van der Waals surface area contributed by atoms with E-state index >= 15 is 0 Å². The van der Waals surface area contributed by atoms with Crippen LogP contribution in [0.4, 0.5) is 0 Å². The third-order valence-electron chi connectivity index (χ3n) is 2.10. The van der Waals surface area contributed by atoms with Crippen molar-refractivity contribution in [1.29, 1.82) is 0 Å². The molecule has 5 heteroatoms. The van der Waals surface area contributed by atoms with Crippen LogP contribution in [0.25, 0.3) is 0 Å². The Hall–Kier alpha value is -1.33. The smallest absolute Gasteiger partial charge is 0.373 e. The first-order chi connectivity index (χ1) is 7.01. The minimum Gasteiger partial charge on any atom is -0.463 e. The number of methoxy groups -OCH3 is 1. The minimum absolute atomic E-state index is 0.178. The maximum absolute atomic E-state index is 11.1. The molecule has 15 heavy (non-hydrogen) atoms. The molecule has 84 valence electrons. The third-order valence-corrected chi connectivity index (χ3v) is 2.10. The summed E-state index contributed by atoms with van der Waals surface area (Å²) in [6.45, 7) is 4.11. The van der Waals surface area contributed by atoms with Crippen molar-refractivity contribution in [3.05, 3.63) is 23.7 Å². The van der Waals surface area contributed by atoms with Crippen LogP contribution in [0.3, 0.4) is 0 Å². The van der Waals surface area contributed by atoms with Gasteiger partial charge in [-0.05, 0) is 12.1 Å². The van der Waals surface area contributed by atoms with Crippen molar-refractivity contribution in [3.8, 4) is 0 Å². The van der Waals surface area contributed by atoms with Gasteiger partial charge in [-0.2, -0.15) is 0 Å². The Morgan fingerprint density at radius 1 is 1.53 bits per heavy atom. The summed E-state index contributed by atoms with van der Waals surface area (Å²) >= 11 is 0. The van der Waals surface area contributed by atoms with Gasteiger partial charge in [-0.15, -0.1) is 0 Å². The standard InChI is InChI=1S/C10H15NO4/c1-10(2,6-14-11)8-5-4-7(15-8)9(12)13-3/h4-5H,6,11H2,1-3H3. The monoisotopic (exact) mass is 213 g/mol. The maximum atomic E-state index is 11.1. The molecule has 1 rings (SSSR count). The summed E-state index contributed by atoms with van der Waals surface area (Å²) in [6.07, 6.45) is 0. The van der Waals surface area contributed by atoms with Crippen molar-refractivity contribution in [2.24, 2.45) is 5.90 Å². The van der Waals surface area contributed by atoms with E-state index in [1.165, 1.54) is 7.11 Å². The van der Waals surface area contributed by atoms with Gasteiger partial charge in [-0.25, -0.2) is 10.7 Å². The molecule has 0 radical (unpaired) electrons. The van der Waals surface area contributed by atoms with E-state index in [2.05, 4.69) is 9.57 Å². The zero-order valence-electron chi connectivity index (χ0n) is 9.07. The average molecular weight is 213 g/mol. The summed E-state index contributed by atoms with van der Waals surface area (Å²) in [5, 5.41) is 0. The van der Waals surface area contributed by atoms with Crippen molar-refractivity contribution in [3.63, 3.8) is 0 Å². The van der Waals surface area contributed by atoms with Crippen LogP contribution in [0.1, 0.15) is 30.2 Å². The lowest BCUT2D eigenvalue weighted by atomic mass is 9.92. The van der Waals surface area contributed by atoms with E-state index in [0.717, 1.165) is 0 Å². The maximum Gasteiger partial charge on any atom is 0.373 e. The molecule has 0 amide bonds. The molecule has 0 aromatic carbocycles. The molecule has 0 unspecified atom stereocenters. The van der Waals surface area contributed by atoms with E-state index in [4.69, 9.17) is 10.3 Å². The van der Waals surface area contributed by atoms with Gasteiger partial charge in [0.1, 0.15) is 5.76 Å². The Kier molecular flexibility index (Phi) is 3.49. The highest BCUT2D eigenvalue weighted by molar-refractivity contribution is 5.86. The number of carbonyl (C=O) groups excluding carboxylic acids is 1. The van der Waals surface area contributed by atoms with Crippen LogP contribution in [0.2, 0.25) is 0 Å². The normalized spacial score (nSPS) is 11.5. The summed E-state index contributed by atoms with van der Waals surface area (Å²) in [5.74, 6) is 5.33. The highest BCUT2D eigenvalue weighted by atomic mass is 16.6. The lowest BCUT2D eigenvalue weighted by molar-refractivity contribution is 0.0550. The van der Waals surface area contributed by atoms with Crippen LogP contribution in [-0.4, -0.2) is 19.7 Å². The fraction of sp³-hybridized carbons (Fsp3) is 0.500. The Bertz CT molecular complexity index is 343. The molecule has 0 aliphatic rings. The number of carbonyl (C=O) groups is 1. The van der Waals surface area contributed by atoms with Gasteiger partial charge in [0.15, 0.2) is 0 Å². The predicted molar refractivity (Wildman–Crippen MR) is 53.2 cm³/mol. The SMILES string of the molecule is COC(=O)c1ccc(C(C)(C)CON)o1. The lowest BCUT2D eigenvalue weighted by Crippen LogP contribution is -2.25. The molecule has 1 aromatic heterocycles. The number of rotatable bonds is 4. The van der Waals surface area contributed by atoms with E-state index < -0.39 is 5.97 Å². The predicted octanol–water partition coefficient (Wildman–Crippen LogP) is 1.23. The molecule has 1 heterocycles. The second-order valence-corrected chi connectivity index (χ2v) is 3.85. The number of furan rings is 1. The second-order valence-electron chi connectivity index (χ2n) is 3.85. The van der Waals surface area contributed by atoms with Gasteiger partial charge >= 0.3 is 5.97 Å². The average Bonchev–Trinajstić information content (AvgIpc) is 2.66. The van der Waals surface area contributed by atoms with Crippen LogP contribution in [0.15, 0.2) is 16.5 Å². The third kappa shape index (κ3) is 2.57. The van der Waals surface area contributed by atoms with Gasteiger partial charge in [0.2, 0.25) is 5.76 Å². The zero-order chi connectivity index (χ0) is 11.5. The topological polar surface area (TPSA) is 74.7 Å². The Morgan fingerprint density at radius 3 is 2.73 bits per heavy atom. The van der Waals surface area contributed by atoms with E-state index in [-0.39, 0.29) is 11.2 Å². The molecule has 0 fully saturated rings. The zero-order valence-corrected chi connectivity index (χ0v) is 9.07. The van der Waals surface area contributed by atoms with E-state index in [1.807, 2.05) is 13.8 Å². The molecule has 0 spiro atoms. The number of esters is 1. The summed E-state index contributed by atoms with van der Waals surface area (Å²) in [5.41, 5.74) is -0.374. The van der Waals surface area contributed by atoms with Crippen molar-refractivity contribution >= 4 is 5.97 Å². The summed E-state index contributed by atoms with van der Waals surface area (Å²) in [7, 11) is 1.30. The van der Waals surface area contributed by atoms with Crippen LogP contribution in [0.5, 0.6) is 0 Å². The lowest BCUT2D eigenvalue weighted by Gasteiger charge is -2.19. The minimum atomic E-state index is -0.495. The first-order valence-corrected chi connectivity index (χ1v) is 4.51. The highest BCUT2D eigenvalue weighted by Gasteiger charge is 2.26. The molecule has 0 aliphatic carbocycles. The van der Waals surface area contributed by atoms with Crippen LogP contribution < -0.4 is 5.90 Å². The van der Waals surface area contributed by atoms with Crippen molar-refractivity contribution in [1.82, 2.24) is 0 Å². The first kappa shape index (κ1) is 11.7. The Balaban J connectivity index is 2.88. The Morgan fingerprint density at radius 2 is 2.20 bits per heavy atom. The van der Waals surface area contributed by atoms with Crippen LogP contribution >= 0.6 is 0 Å². The number of hydrogen-bond donors (Lipinski definition) is 1. The quantitative estimate of drug-likeness (QED) is 0.601. The van der Waals surface area contributed by atoms with Crippen molar-refractivity contribution < 1.29 is 18.8 Å². The van der Waals surface area contributed by atoms with Crippen LogP contribution in [-0.2, 0) is 15.0 Å². The van der Waals surface area contributed by atoms with Gasteiger partial charge in [-0.3, -0.25) is 0 Å². The van der Waals surface area contributed by atoms with E-state index in [1.54, 1.807) is 12.1 Å². The molecule has 0 atom stereocenters. The Labute approximate surface area is 88.1 Å². The van der Waals surface area contributed by atoms with Gasteiger partial charge in [-0.1, -0.05) is 13.8 Å². The molecular weight excluding hydrogens is 198 g/mol. The van der Waals surface area contributed by atoms with Gasteiger partial charge in [0.25, 0.3) is 0 Å². The highest BCUT2D eigenvalue weighted by Crippen LogP contribution is 2.25. The molecule has 5 nitrogen and oxygen atoms in total. The van der Waals surface area contributed by atoms with Crippen molar-refractivity contribution in [2.75, 3.05) is 13.7 Å². The molecular formula is C10H15NO4. The molecule has 1 aromatic rings. The fourth-order valence-corrected chi connectivity index (χ4v) is 1.19. The van der Waals surface area contributed by atoms with Crippen molar-refractivity contribution in [2.45, 2.75) is 19.3 Å². The molecule has 2 N–H and O–H groups in total. The summed E-state index contributed by atoms with van der Waals surface area (Å²) in [6, 6.07) is 3.28. The summed E-state index contributed by atoms with van der Waals surface area (Å²) in [4.78, 5) is 15.7. The van der Waals surface area contributed by atoms with Gasteiger partial charge in [0.05, 0.1) is 13.7 Å². The van der Waals surface area contributed by atoms with E-state index in [0.29, 0.717) is 12.4 Å². The van der Waals surface area contributed by atoms with Gasteiger partial charge in [0, 0.05) is 5.41 Å². The number of nitrogens with two attached hydrogens (primary N) is 1. The molecule has 0 bridgehead atoms. The second kappa shape index (κ2) is 4.46. The molecule has 0 aliphatic heterocycles. The number of hydrogen-bond acceptors (Lipinski definition) is 5. The molecule has 0 saturated carbocycles.